The van der Waals surface area contributed by atoms with Gasteiger partial charge in [-0.1, -0.05) is 0 Å². The lowest BCUT2D eigenvalue weighted by Crippen LogP contribution is -2.45. The number of halogens is 3. The van der Waals surface area contributed by atoms with E-state index in [-0.39, 0.29) is 37.8 Å². The molecule has 1 aliphatic heterocycles. The smallest absolute Gasteiger partial charge is 0.303 e. The topological polar surface area (TPSA) is 49.3 Å². The number of piperidine rings is 1. The van der Waals surface area contributed by atoms with E-state index in [0.717, 1.165) is 0 Å². The maximum Gasteiger partial charge on any atom is 0.303 e. The lowest BCUT2D eigenvalue weighted by molar-refractivity contribution is -0.137. The van der Waals surface area contributed by atoms with Crippen LogP contribution < -0.4 is 5.32 Å². The van der Waals surface area contributed by atoms with Crippen molar-refractivity contribution in [2.24, 2.45) is 0 Å². The van der Waals surface area contributed by atoms with Gasteiger partial charge in [-0.15, -0.1) is 12.4 Å². The zero-order valence-electron chi connectivity index (χ0n) is 7.63. The number of hydrogen-bond acceptors (Lipinski definition) is 2. The molecule has 0 bridgehead atoms. The summed E-state index contributed by atoms with van der Waals surface area (Å²) in [6, 6.07) is -0.0595. The van der Waals surface area contributed by atoms with Crippen molar-refractivity contribution in [1.29, 1.82) is 0 Å². The molecule has 3 nitrogen and oxygen atoms in total. The Balaban J connectivity index is 0.00000169. The summed E-state index contributed by atoms with van der Waals surface area (Å²) in [6.45, 7) is -0.322. The molecule has 0 spiro atoms. The van der Waals surface area contributed by atoms with Crippen molar-refractivity contribution < 1.29 is 18.7 Å². The number of rotatable bonds is 3. The number of carboxylic acids is 1. The van der Waals surface area contributed by atoms with Crippen LogP contribution >= 0.6 is 12.4 Å². The van der Waals surface area contributed by atoms with Crippen LogP contribution in [0.15, 0.2) is 0 Å². The van der Waals surface area contributed by atoms with E-state index in [2.05, 4.69) is 5.32 Å². The SMILES string of the molecule is Cl.O=C(O)CC[C@H]1CCC(F)(F)CN1. The van der Waals surface area contributed by atoms with Crippen molar-refractivity contribution in [1.82, 2.24) is 5.32 Å². The van der Waals surface area contributed by atoms with E-state index in [9.17, 15) is 13.6 Å². The molecule has 0 aromatic heterocycles. The van der Waals surface area contributed by atoms with Gasteiger partial charge in [0.1, 0.15) is 0 Å². The third-order valence-corrected chi connectivity index (χ3v) is 2.21. The lowest BCUT2D eigenvalue weighted by atomic mass is 9.98. The molecule has 1 heterocycles. The van der Waals surface area contributed by atoms with Crippen LogP contribution in [0.3, 0.4) is 0 Å². The van der Waals surface area contributed by atoms with E-state index in [4.69, 9.17) is 5.11 Å². The molecule has 1 fully saturated rings. The van der Waals surface area contributed by atoms with Gasteiger partial charge in [0.05, 0.1) is 6.54 Å². The van der Waals surface area contributed by atoms with Crippen LogP contribution in [0.2, 0.25) is 0 Å². The van der Waals surface area contributed by atoms with Crippen LogP contribution in [-0.2, 0) is 4.79 Å². The average molecular weight is 230 g/mol. The average Bonchev–Trinajstić information content (AvgIpc) is 2.02. The van der Waals surface area contributed by atoms with Gasteiger partial charge >= 0.3 is 5.97 Å². The molecule has 1 rings (SSSR count). The van der Waals surface area contributed by atoms with Crippen molar-refractivity contribution in [2.45, 2.75) is 37.6 Å². The Kier molecular flexibility index (Phi) is 5.29. The summed E-state index contributed by atoms with van der Waals surface area (Å²) in [5.74, 6) is -3.49. The van der Waals surface area contributed by atoms with Gasteiger partial charge in [0.25, 0.3) is 5.92 Å². The number of carbonyl (C=O) groups is 1. The first-order valence-corrected chi connectivity index (χ1v) is 4.33. The minimum atomic E-state index is -2.61. The summed E-state index contributed by atoms with van der Waals surface area (Å²) in [4.78, 5) is 10.2. The standard InChI is InChI=1S/C8H13F2NO2.ClH/c9-8(10)4-3-6(11-5-8)1-2-7(12)13;/h6,11H,1-5H2,(H,12,13);1H/t6-;/m0./s1. The predicted molar refractivity (Wildman–Crippen MR) is 50.1 cm³/mol. The third-order valence-electron chi connectivity index (χ3n) is 2.21. The van der Waals surface area contributed by atoms with Crippen molar-refractivity contribution in [3.8, 4) is 0 Å². The summed E-state index contributed by atoms with van der Waals surface area (Å²) >= 11 is 0. The van der Waals surface area contributed by atoms with Gasteiger partial charge in [-0.2, -0.15) is 0 Å². The fourth-order valence-electron chi connectivity index (χ4n) is 1.41. The highest BCUT2D eigenvalue weighted by molar-refractivity contribution is 5.85. The summed E-state index contributed by atoms with van der Waals surface area (Å²) in [6.07, 6.45) is 0.708. The Morgan fingerprint density at radius 3 is 2.64 bits per heavy atom. The second-order valence-electron chi connectivity index (χ2n) is 3.40. The van der Waals surface area contributed by atoms with Crippen LogP contribution in [0.1, 0.15) is 25.7 Å². The molecule has 0 aliphatic carbocycles. The van der Waals surface area contributed by atoms with Crippen LogP contribution in [-0.4, -0.2) is 29.6 Å². The lowest BCUT2D eigenvalue weighted by Gasteiger charge is -2.29. The molecule has 0 aromatic carbocycles. The monoisotopic (exact) mass is 229 g/mol. The second kappa shape index (κ2) is 5.46. The van der Waals surface area contributed by atoms with E-state index in [1.54, 1.807) is 0 Å². The normalized spacial score (nSPS) is 25.1. The number of alkyl halides is 2. The molecular formula is C8H14ClF2NO2. The summed E-state index contributed by atoms with van der Waals surface area (Å²) in [7, 11) is 0. The third kappa shape index (κ3) is 4.72. The van der Waals surface area contributed by atoms with Gasteiger partial charge in [-0.3, -0.25) is 4.79 Å². The predicted octanol–water partition coefficient (Wildman–Crippen LogP) is 1.66. The van der Waals surface area contributed by atoms with Gasteiger partial charge < -0.3 is 10.4 Å². The highest BCUT2D eigenvalue weighted by Gasteiger charge is 2.34. The Hall–Kier alpha value is -0.420. The van der Waals surface area contributed by atoms with E-state index in [1.165, 1.54) is 0 Å². The van der Waals surface area contributed by atoms with Crippen molar-refractivity contribution >= 4 is 18.4 Å². The summed E-state index contributed by atoms with van der Waals surface area (Å²) < 4.78 is 25.2. The minimum absolute atomic E-state index is 0. The molecule has 1 aliphatic rings. The first-order valence-electron chi connectivity index (χ1n) is 4.33. The molecule has 0 saturated carbocycles. The number of carboxylic acid groups (broad SMARTS) is 1. The maximum atomic E-state index is 12.6. The largest absolute Gasteiger partial charge is 0.481 e. The molecule has 0 aromatic rings. The van der Waals surface area contributed by atoms with Crippen molar-refractivity contribution in [3.63, 3.8) is 0 Å². The van der Waals surface area contributed by atoms with Crippen molar-refractivity contribution in [3.05, 3.63) is 0 Å². The van der Waals surface area contributed by atoms with E-state index < -0.39 is 11.9 Å². The Labute approximate surface area is 87.3 Å². The molecule has 1 saturated heterocycles. The van der Waals surface area contributed by atoms with E-state index in [0.29, 0.717) is 12.8 Å². The number of nitrogens with one attached hydrogen (secondary N) is 1. The molecular weight excluding hydrogens is 216 g/mol. The first-order chi connectivity index (χ1) is 5.99. The Morgan fingerprint density at radius 1 is 1.57 bits per heavy atom. The zero-order chi connectivity index (χ0) is 9.90. The number of aliphatic carboxylic acids is 1. The van der Waals surface area contributed by atoms with Crippen LogP contribution in [0.4, 0.5) is 8.78 Å². The molecule has 6 heteroatoms. The van der Waals surface area contributed by atoms with Gasteiger partial charge in [0, 0.05) is 18.9 Å². The summed E-state index contributed by atoms with van der Waals surface area (Å²) in [5.41, 5.74) is 0. The van der Waals surface area contributed by atoms with Gasteiger partial charge in [0.2, 0.25) is 0 Å². The Bertz CT molecular complexity index is 192. The molecule has 14 heavy (non-hydrogen) atoms. The van der Waals surface area contributed by atoms with Crippen LogP contribution in [0.5, 0.6) is 0 Å². The maximum absolute atomic E-state index is 12.6. The highest BCUT2D eigenvalue weighted by Crippen LogP contribution is 2.25. The first kappa shape index (κ1) is 13.6. The van der Waals surface area contributed by atoms with E-state index in [1.807, 2.05) is 0 Å². The molecule has 1 atom stereocenters. The van der Waals surface area contributed by atoms with Gasteiger partial charge in [-0.05, 0) is 12.8 Å². The van der Waals surface area contributed by atoms with Crippen LogP contribution in [0.25, 0.3) is 0 Å². The van der Waals surface area contributed by atoms with E-state index >= 15 is 0 Å². The molecule has 0 amide bonds. The van der Waals surface area contributed by atoms with Gasteiger partial charge in [0.15, 0.2) is 0 Å². The minimum Gasteiger partial charge on any atom is -0.481 e. The van der Waals surface area contributed by atoms with Crippen molar-refractivity contribution in [2.75, 3.05) is 6.54 Å². The molecule has 2 N–H and O–H groups in total. The molecule has 0 radical (unpaired) electrons. The zero-order valence-corrected chi connectivity index (χ0v) is 8.45. The molecule has 0 unspecified atom stereocenters. The molecule has 84 valence electrons. The van der Waals surface area contributed by atoms with Gasteiger partial charge in [-0.25, -0.2) is 8.78 Å². The fourth-order valence-corrected chi connectivity index (χ4v) is 1.41. The number of hydrogen-bond donors (Lipinski definition) is 2. The fraction of sp³-hybridized carbons (Fsp3) is 0.875. The summed E-state index contributed by atoms with van der Waals surface area (Å²) in [5, 5.41) is 11.0. The highest BCUT2D eigenvalue weighted by atomic mass is 35.5. The second-order valence-corrected chi connectivity index (χ2v) is 3.40. The van der Waals surface area contributed by atoms with Crippen LogP contribution in [0, 0.1) is 0 Å². The quantitative estimate of drug-likeness (QED) is 0.774. The Morgan fingerprint density at radius 2 is 2.21 bits per heavy atom.